The molecule has 12 nitrogen and oxygen atoms in total. The van der Waals surface area contributed by atoms with Crippen LogP contribution >= 0.6 is 7.82 Å². The maximum Gasteiger partial charge on any atom is 0.469 e. The van der Waals surface area contributed by atoms with E-state index in [0.717, 1.165) is 11.0 Å². The van der Waals surface area contributed by atoms with Gasteiger partial charge in [-0.2, -0.15) is 4.80 Å². The van der Waals surface area contributed by atoms with Gasteiger partial charge in [0, 0.05) is 21.4 Å². The highest BCUT2D eigenvalue weighted by molar-refractivity contribution is 7.46. The van der Waals surface area contributed by atoms with Gasteiger partial charge in [0.25, 0.3) is 0 Å². The molecule has 0 aliphatic carbocycles. The number of halogens is 1. The molecule has 0 spiro atoms. The van der Waals surface area contributed by atoms with Crippen molar-refractivity contribution in [1.82, 2.24) is 25.2 Å². The van der Waals surface area contributed by atoms with Crippen molar-refractivity contribution in [1.29, 1.82) is 0 Å². The van der Waals surface area contributed by atoms with E-state index < -0.39 is 39.4 Å². The van der Waals surface area contributed by atoms with E-state index in [2.05, 4.69) is 24.9 Å². The number of amides is 1. The van der Waals surface area contributed by atoms with Crippen LogP contribution in [0, 0.1) is 5.82 Å². The molecule has 3 aromatic rings. The smallest absolute Gasteiger partial charge is 0.441 e. The van der Waals surface area contributed by atoms with Gasteiger partial charge in [-0.05, 0) is 29.5 Å². The van der Waals surface area contributed by atoms with Crippen LogP contribution in [0.3, 0.4) is 0 Å². The van der Waals surface area contributed by atoms with Crippen LogP contribution in [0.15, 0.2) is 36.5 Å². The lowest BCUT2D eigenvalue weighted by Gasteiger charge is -2.14. The summed E-state index contributed by atoms with van der Waals surface area (Å²) in [4.78, 5) is 35.3. The number of phosphoric acid groups is 1. The number of hydrogen-bond donors (Lipinski definition) is 2. The Balaban J connectivity index is 1.49. The molecule has 1 fully saturated rings. The summed E-state index contributed by atoms with van der Waals surface area (Å²) in [5.74, 6) is -0.676. The van der Waals surface area contributed by atoms with Crippen LogP contribution in [0.1, 0.15) is 4.11 Å². The van der Waals surface area contributed by atoms with Crippen molar-refractivity contribution in [3.05, 3.63) is 42.3 Å². The minimum atomic E-state index is -4.72. The number of tetrazole rings is 1. The van der Waals surface area contributed by atoms with Crippen molar-refractivity contribution in [2.45, 2.75) is 6.10 Å². The second-order valence-corrected chi connectivity index (χ2v) is 7.64. The number of anilines is 1. The molecule has 1 atom stereocenters. The van der Waals surface area contributed by atoms with Crippen LogP contribution < -0.4 is 4.90 Å². The number of pyridine rings is 1. The molecule has 1 saturated heterocycles. The largest absolute Gasteiger partial charge is 0.469 e. The lowest BCUT2D eigenvalue weighted by molar-refractivity contribution is 0.0880. The number of cyclic esters (lactones) is 1. The third kappa shape index (κ3) is 4.75. The first-order valence-corrected chi connectivity index (χ1v) is 10.2. The van der Waals surface area contributed by atoms with E-state index in [1.807, 2.05) is 0 Å². The summed E-state index contributed by atoms with van der Waals surface area (Å²) in [7, 11) is -4.72. The Labute approximate surface area is 178 Å². The summed E-state index contributed by atoms with van der Waals surface area (Å²) in [6.45, 7) is -3.18. The van der Waals surface area contributed by atoms with Gasteiger partial charge in [-0.3, -0.25) is 14.4 Å². The summed E-state index contributed by atoms with van der Waals surface area (Å²) in [6, 6.07) is 7.03. The Bertz CT molecular complexity index is 1270. The van der Waals surface area contributed by atoms with Gasteiger partial charge in [0.05, 0.1) is 25.8 Å². The molecule has 2 N–H and O–H groups in total. The molecule has 3 heterocycles. The Morgan fingerprint density at radius 2 is 2.23 bits per heavy atom. The monoisotopic (exact) mass is 453 g/mol. The first-order valence-electron chi connectivity index (χ1n) is 10.2. The molecule has 31 heavy (non-hydrogen) atoms. The molecule has 1 amide bonds. The number of benzene rings is 1. The summed E-state index contributed by atoms with van der Waals surface area (Å²) in [6.07, 6.45) is -0.394. The second kappa shape index (κ2) is 8.12. The number of hydrogen-bond acceptors (Lipinski definition) is 8. The lowest BCUT2D eigenvalue weighted by Crippen LogP contribution is -2.25. The molecule has 0 unspecified atom stereocenters. The topological polar surface area (TPSA) is 153 Å². The maximum absolute atomic E-state index is 14.8. The molecule has 0 bridgehead atoms. The van der Waals surface area contributed by atoms with Gasteiger partial charge >= 0.3 is 13.9 Å². The molecule has 0 saturated carbocycles. The zero-order chi connectivity index (χ0) is 24.7. The second-order valence-electron chi connectivity index (χ2n) is 6.40. The van der Waals surface area contributed by atoms with Crippen LogP contribution in [-0.4, -0.2) is 60.3 Å². The number of aromatic nitrogens is 5. The van der Waals surface area contributed by atoms with Crippen molar-refractivity contribution in [2.75, 3.05) is 18.1 Å². The van der Waals surface area contributed by atoms with E-state index >= 15 is 0 Å². The molecule has 14 heteroatoms. The molecule has 0 radical (unpaired) electrons. The van der Waals surface area contributed by atoms with Crippen LogP contribution in [-0.2, 0) is 20.8 Å². The van der Waals surface area contributed by atoms with E-state index in [0.29, 0.717) is 10.4 Å². The van der Waals surface area contributed by atoms with Gasteiger partial charge in [-0.15, -0.1) is 10.2 Å². The zero-order valence-corrected chi connectivity index (χ0v) is 16.4. The van der Waals surface area contributed by atoms with E-state index in [1.54, 1.807) is 0 Å². The Morgan fingerprint density at radius 1 is 1.39 bits per heavy atom. The first kappa shape index (κ1) is 17.4. The van der Waals surface area contributed by atoms with Crippen LogP contribution in [0.2, 0.25) is 0 Å². The molecular formula is C17H16FN6O6P. The van der Waals surface area contributed by atoms with Crippen molar-refractivity contribution in [2.24, 2.45) is 6.98 Å². The Morgan fingerprint density at radius 3 is 2.87 bits per heavy atom. The van der Waals surface area contributed by atoms with E-state index in [-0.39, 0.29) is 29.3 Å². The lowest BCUT2D eigenvalue weighted by atomic mass is 10.1. The van der Waals surface area contributed by atoms with Gasteiger partial charge in [-0.1, -0.05) is 6.07 Å². The standard InChI is InChI=1S/C17H16FN6O6P/c1-23-21-16(20-22-23)15-5-2-10(7-19-15)13-4-3-11(6-14(13)18)24-8-12(30-17(24)25)9-29-31(26,27)28/h2-7,12H,8-9H2,1H3,(H2,26,27,28)/t12-/m1/s1/i1D3. The highest BCUT2D eigenvalue weighted by atomic mass is 31.2. The number of carbonyl (C=O) groups is 1. The van der Waals surface area contributed by atoms with Crippen molar-refractivity contribution in [3.63, 3.8) is 0 Å². The summed E-state index contributed by atoms with van der Waals surface area (Å²) >= 11 is 0. The summed E-state index contributed by atoms with van der Waals surface area (Å²) in [5.41, 5.74) is 0.989. The van der Waals surface area contributed by atoms with Gasteiger partial charge in [-0.25, -0.2) is 13.8 Å². The Kier molecular flexibility index (Phi) is 4.56. The predicted molar refractivity (Wildman–Crippen MR) is 103 cm³/mol. The fraction of sp³-hybridized carbons (Fsp3) is 0.235. The molecular weight excluding hydrogens is 434 g/mol. The van der Waals surface area contributed by atoms with Crippen LogP contribution in [0.25, 0.3) is 22.6 Å². The molecule has 1 aliphatic rings. The number of ether oxygens (including phenoxy) is 1. The number of rotatable bonds is 6. The van der Waals surface area contributed by atoms with Crippen LogP contribution in [0.4, 0.5) is 14.9 Å². The van der Waals surface area contributed by atoms with E-state index in [4.69, 9.17) is 18.6 Å². The van der Waals surface area contributed by atoms with Gasteiger partial charge in [0.15, 0.2) is 0 Å². The molecule has 162 valence electrons. The van der Waals surface area contributed by atoms with Gasteiger partial charge < -0.3 is 14.5 Å². The molecule has 1 aliphatic heterocycles. The van der Waals surface area contributed by atoms with Crippen LogP contribution in [0.5, 0.6) is 0 Å². The number of phosphoric ester groups is 1. The fourth-order valence-corrected chi connectivity index (χ4v) is 3.27. The maximum atomic E-state index is 14.8. The number of carbonyl (C=O) groups excluding carboxylic acids is 1. The number of nitrogens with zero attached hydrogens (tertiary/aromatic N) is 6. The SMILES string of the molecule is [2H]C([2H])([2H])n1nnc(-c2ccc(-c3ccc(N4C[C@H](COP(=O)(O)O)OC4=O)cc3F)cn2)n1. The fourth-order valence-electron chi connectivity index (χ4n) is 2.91. The summed E-state index contributed by atoms with van der Waals surface area (Å²) in [5, 5.41) is 10.9. The molecule has 1 aromatic carbocycles. The van der Waals surface area contributed by atoms with Crippen molar-refractivity contribution in [3.8, 4) is 22.6 Å². The highest BCUT2D eigenvalue weighted by Gasteiger charge is 2.34. The van der Waals surface area contributed by atoms with Gasteiger partial charge in [0.2, 0.25) is 5.82 Å². The minimum absolute atomic E-state index is 0.0108. The third-order valence-electron chi connectivity index (χ3n) is 4.28. The average Bonchev–Trinajstić information content (AvgIpc) is 3.39. The van der Waals surface area contributed by atoms with Crippen molar-refractivity contribution < 1.29 is 36.9 Å². The quantitative estimate of drug-likeness (QED) is 0.525. The third-order valence-corrected chi connectivity index (χ3v) is 4.77. The first-order chi connectivity index (χ1) is 15.9. The van der Waals surface area contributed by atoms with E-state index in [9.17, 15) is 13.8 Å². The number of aryl methyl sites for hydroxylation is 1. The Hall–Kier alpha value is -3.25. The predicted octanol–water partition coefficient (Wildman–Crippen LogP) is 1.51. The average molecular weight is 453 g/mol. The minimum Gasteiger partial charge on any atom is -0.441 e. The summed E-state index contributed by atoms with van der Waals surface area (Å²) < 4.78 is 56.8. The normalized spacial score (nSPS) is 18.4. The highest BCUT2D eigenvalue weighted by Crippen LogP contribution is 2.37. The van der Waals surface area contributed by atoms with Gasteiger partial charge in [0.1, 0.15) is 17.6 Å². The molecule has 4 rings (SSSR count). The van der Waals surface area contributed by atoms with Crippen molar-refractivity contribution >= 4 is 19.6 Å². The van der Waals surface area contributed by atoms with E-state index in [1.165, 1.54) is 30.5 Å². The zero-order valence-electron chi connectivity index (χ0n) is 18.5. The molecule has 2 aromatic heterocycles.